The van der Waals surface area contributed by atoms with E-state index in [0.717, 1.165) is 37.5 Å². The van der Waals surface area contributed by atoms with Crippen molar-refractivity contribution in [2.24, 2.45) is 0 Å². The molecule has 1 aliphatic heterocycles. The summed E-state index contributed by atoms with van der Waals surface area (Å²) >= 11 is 0. The first-order chi connectivity index (χ1) is 12.3. The predicted molar refractivity (Wildman–Crippen MR) is 99.2 cm³/mol. The minimum Gasteiger partial charge on any atom is -0.395 e. The zero-order valence-electron chi connectivity index (χ0n) is 14.7. The average Bonchev–Trinajstić information content (AvgIpc) is 3.16. The number of benzene rings is 1. The molecule has 6 heteroatoms. The summed E-state index contributed by atoms with van der Waals surface area (Å²) in [6, 6.07) is 10.4. The van der Waals surface area contributed by atoms with Gasteiger partial charge in [-0.1, -0.05) is 24.3 Å². The number of aryl methyl sites for hydroxylation is 1. The van der Waals surface area contributed by atoms with Gasteiger partial charge in [0.05, 0.1) is 18.9 Å². The summed E-state index contributed by atoms with van der Waals surface area (Å²) in [6.07, 6.45) is 1.93. The minimum absolute atomic E-state index is 0.0518. The zero-order valence-corrected chi connectivity index (χ0v) is 14.7. The summed E-state index contributed by atoms with van der Waals surface area (Å²) in [5.74, 6) is 1.68. The zero-order chi connectivity index (χ0) is 17.5. The molecule has 134 valence electrons. The van der Waals surface area contributed by atoms with Gasteiger partial charge in [-0.3, -0.25) is 0 Å². The van der Waals surface area contributed by atoms with Crippen molar-refractivity contribution in [1.29, 1.82) is 0 Å². The number of ether oxygens (including phenoxy) is 1. The molecule has 0 radical (unpaired) electrons. The fourth-order valence-corrected chi connectivity index (χ4v) is 3.00. The Kier molecular flexibility index (Phi) is 6.19. The maximum atomic E-state index is 9.02. The van der Waals surface area contributed by atoms with Crippen molar-refractivity contribution < 1.29 is 9.84 Å². The van der Waals surface area contributed by atoms with Gasteiger partial charge in [0.1, 0.15) is 5.82 Å². The number of hydrogen-bond acceptors (Lipinski definition) is 6. The molecule has 1 aromatic carbocycles. The van der Waals surface area contributed by atoms with Gasteiger partial charge in [0.2, 0.25) is 5.95 Å². The molecule has 0 bridgehead atoms. The van der Waals surface area contributed by atoms with Crippen LogP contribution in [-0.4, -0.2) is 48.0 Å². The van der Waals surface area contributed by atoms with Crippen LogP contribution in [0.15, 0.2) is 30.3 Å². The van der Waals surface area contributed by atoms with Crippen LogP contribution >= 0.6 is 0 Å². The molecule has 0 saturated carbocycles. The van der Waals surface area contributed by atoms with Gasteiger partial charge in [-0.2, -0.15) is 4.98 Å². The molecule has 1 fully saturated rings. The lowest BCUT2D eigenvalue weighted by molar-refractivity contribution is 0.193. The lowest BCUT2D eigenvalue weighted by atomic mass is 10.0. The number of nitrogens with one attached hydrogen (secondary N) is 2. The molecule has 0 spiro atoms. The highest BCUT2D eigenvalue weighted by Crippen LogP contribution is 2.26. The van der Waals surface area contributed by atoms with E-state index in [2.05, 4.69) is 51.8 Å². The maximum Gasteiger partial charge on any atom is 0.224 e. The number of nitrogens with zero attached hydrogens (tertiary/aromatic N) is 2. The molecule has 0 amide bonds. The second-order valence-electron chi connectivity index (χ2n) is 6.32. The van der Waals surface area contributed by atoms with Crippen molar-refractivity contribution in [1.82, 2.24) is 9.97 Å². The van der Waals surface area contributed by atoms with E-state index in [4.69, 9.17) is 9.84 Å². The molecule has 1 saturated heterocycles. The molecule has 2 heterocycles. The van der Waals surface area contributed by atoms with E-state index in [1.165, 1.54) is 11.1 Å². The van der Waals surface area contributed by atoms with Gasteiger partial charge in [0, 0.05) is 31.7 Å². The highest BCUT2D eigenvalue weighted by molar-refractivity contribution is 5.43. The Bertz CT molecular complexity index is 687. The topological polar surface area (TPSA) is 79.3 Å². The first kappa shape index (κ1) is 17.6. The summed E-state index contributed by atoms with van der Waals surface area (Å²) in [6.45, 7) is 4.92. The van der Waals surface area contributed by atoms with E-state index in [9.17, 15) is 0 Å². The molecule has 25 heavy (non-hydrogen) atoms. The van der Waals surface area contributed by atoms with Crippen LogP contribution in [0.4, 0.5) is 11.8 Å². The number of hydrogen-bond donors (Lipinski definition) is 3. The summed E-state index contributed by atoms with van der Waals surface area (Å²) in [7, 11) is 0. The Morgan fingerprint density at radius 3 is 2.84 bits per heavy atom. The van der Waals surface area contributed by atoms with Crippen LogP contribution in [0.5, 0.6) is 0 Å². The summed E-state index contributed by atoms with van der Waals surface area (Å²) in [5, 5.41) is 15.5. The molecule has 0 aliphatic carbocycles. The minimum atomic E-state index is 0.0518. The first-order valence-electron chi connectivity index (χ1n) is 8.86. The van der Waals surface area contributed by atoms with E-state index >= 15 is 0 Å². The van der Waals surface area contributed by atoms with Gasteiger partial charge in [0.15, 0.2) is 0 Å². The molecule has 1 atom stereocenters. The standard InChI is InChI=1S/C19H26N4O2/c1-14-4-2-3-5-15(14)6-8-20-18-12-17(16-7-11-25-13-16)22-19(23-18)21-9-10-24/h2-5,12,16,24H,6-11,13H2,1H3,(H2,20,21,22,23)/t16-/m1/s1. The fraction of sp³-hybridized carbons (Fsp3) is 0.474. The van der Waals surface area contributed by atoms with Gasteiger partial charge in [0.25, 0.3) is 0 Å². The highest BCUT2D eigenvalue weighted by atomic mass is 16.5. The molecule has 0 unspecified atom stereocenters. The Morgan fingerprint density at radius 2 is 2.08 bits per heavy atom. The van der Waals surface area contributed by atoms with Crippen LogP contribution in [-0.2, 0) is 11.2 Å². The second kappa shape index (κ2) is 8.78. The van der Waals surface area contributed by atoms with Crippen LogP contribution in [0.2, 0.25) is 0 Å². The smallest absolute Gasteiger partial charge is 0.224 e. The van der Waals surface area contributed by atoms with Crippen molar-refractivity contribution in [3.63, 3.8) is 0 Å². The Morgan fingerprint density at radius 1 is 1.20 bits per heavy atom. The van der Waals surface area contributed by atoms with Crippen molar-refractivity contribution in [3.8, 4) is 0 Å². The number of anilines is 2. The summed E-state index contributed by atoms with van der Waals surface area (Å²) in [5.41, 5.74) is 3.64. The highest BCUT2D eigenvalue weighted by Gasteiger charge is 2.20. The Hall–Kier alpha value is -2.18. The van der Waals surface area contributed by atoms with E-state index in [0.29, 0.717) is 25.0 Å². The largest absolute Gasteiger partial charge is 0.395 e. The van der Waals surface area contributed by atoms with Gasteiger partial charge in [-0.15, -0.1) is 0 Å². The number of aliphatic hydroxyl groups is 1. The Labute approximate surface area is 148 Å². The van der Waals surface area contributed by atoms with Crippen molar-refractivity contribution in [2.75, 3.05) is 43.5 Å². The van der Waals surface area contributed by atoms with E-state index < -0.39 is 0 Å². The third-order valence-corrected chi connectivity index (χ3v) is 4.45. The molecular formula is C19H26N4O2. The predicted octanol–water partition coefficient (Wildman–Crippen LogP) is 2.35. The molecule has 1 aliphatic rings. The van der Waals surface area contributed by atoms with Crippen LogP contribution in [0, 0.1) is 6.92 Å². The van der Waals surface area contributed by atoms with Crippen LogP contribution in [0.1, 0.15) is 29.2 Å². The van der Waals surface area contributed by atoms with Gasteiger partial charge in [-0.25, -0.2) is 4.98 Å². The quantitative estimate of drug-likeness (QED) is 0.683. The van der Waals surface area contributed by atoms with E-state index in [1.807, 2.05) is 6.07 Å². The number of aromatic nitrogens is 2. The SMILES string of the molecule is Cc1ccccc1CCNc1cc([C@@H]2CCOC2)nc(NCCO)n1. The van der Waals surface area contributed by atoms with Gasteiger partial charge >= 0.3 is 0 Å². The number of rotatable bonds is 8. The third kappa shape index (κ3) is 4.90. The van der Waals surface area contributed by atoms with Gasteiger partial charge in [-0.05, 0) is 30.9 Å². The second-order valence-corrected chi connectivity index (χ2v) is 6.32. The molecule has 3 rings (SSSR count). The average molecular weight is 342 g/mol. The molecule has 1 aromatic heterocycles. The van der Waals surface area contributed by atoms with Crippen molar-refractivity contribution in [3.05, 3.63) is 47.2 Å². The first-order valence-corrected chi connectivity index (χ1v) is 8.86. The van der Waals surface area contributed by atoms with Crippen LogP contribution in [0.25, 0.3) is 0 Å². The lowest BCUT2D eigenvalue weighted by Gasteiger charge is -2.14. The van der Waals surface area contributed by atoms with Crippen molar-refractivity contribution in [2.45, 2.75) is 25.7 Å². The fourth-order valence-electron chi connectivity index (χ4n) is 3.00. The van der Waals surface area contributed by atoms with Gasteiger partial charge < -0.3 is 20.5 Å². The normalized spacial score (nSPS) is 16.8. The Balaban J connectivity index is 1.68. The van der Waals surface area contributed by atoms with E-state index in [-0.39, 0.29) is 6.61 Å². The molecule has 3 N–H and O–H groups in total. The lowest BCUT2D eigenvalue weighted by Crippen LogP contribution is -2.14. The summed E-state index contributed by atoms with van der Waals surface area (Å²) < 4.78 is 5.48. The third-order valence-electron chi connectivity index (χ3n) is 4.45. The molecular weight excluding hydrogens is 316 g/mol. The summed E-state index contributed by atoms with van der Waals surface area (Å²) in [4.78, 5) is 9.09. The van der Waals surface area contributed by atoms with Crippen molar-refractivity contribution >= 4 is 11.8 Å². The number of aliphatic hydroxyl groups excluding tert-OH is 1. The monoisotopic (exact) mass is 342 g/mol. The molecule has 6 nitrogen and oxygen atoms in total. The maximum absolute atomic E-state index is 9.02. The molecule has 2 aromatic rings. The van der Waals surface area contributed by atoms with E-state index in [1.54, 1.807) is 0 Å². The van der Waals surface area contributed by atoms with Crippen LogP contribution < -0.4 is 10.6 Å². The van der Waals surface area contributed by atoms with Crippen LogP contribution in [0.3, 0.4) is 0 Å².